The third kappa shape index (κ3) is 4.25. The summed E-state index contributed by atoms with van der Waals surface area (Å²) in [6.07, 6.45) is 0. The number of nitrogens with one attached hydrogen (secondary N) is 1. The molecule has 0 unspecified atom stereocenters. The van der Waals surface area contributed by atoms with Crippen LogP contribution in [-0.2, 0) is 10.7 Å². The summed E-state index contributed by atoms with van der Waals surface area (Å²) < 4.78 is 0. The van der Waals surface area contributed by atoms with Crippen molar-refractivity contribution >= 4 is 15.9 Å². The molecule has 0 aliphatic rings. The van der Waals surface area contributed by atoms with Gasteiger partial charge in [0.15, 0.2) is 5.82 Å². The maximum Gasteiger partial charge on any atom is 0.193 e. The fourth-order valence-corrected chi connectivity index (χ4v) is 5.64. The van der Waals surface area contributed by atoms with E-state index in [1.807, 2.05) is 12.1 Å². The second kappa shape index (κ2) is 10.6. The van der Waals surface area contributed by atoms with Crippen LogP contribution in [0.15, 0.2) is 133 Å². The van der Waals surface area contributed by atoms with Crippen molar-refractivity contribution in [2.75, 3.05) is 0 Å². The third-order valence-corrected chi connectivity index (χ3v) is 7.69. The van der Waals surface area contributed by atoms with Gasteiger partial charge in [-0.3, -0.25) is 0 Å². The summed E-state index contributed by atoms with van der Waals surface area (Å²) in [6.45, 7) is 0. The number of nitrogens with zero attached hydrogens (tertiary/aromatic N) is 3. The van der Waals surface area contributed by atoms with Crippen LogP contribution in [0.5, 0.6) is 0 Å². The Labute approximate surface area is 230 Å². The summed E-state index contributed by atoms with van der Waals surface area (Å²) in [5.41, 5.74) is 8.39. The Bertz CT molecular complexity index is 1590. The molecule has 0 bridgehead atoms. The molecule has 5 heteroatoms. The highest BCUT2D eigenvalue weighted by atomic mass is 79.9. The predicted molar refractivity (Wildman–Crippen MR) is 156 cm³/mol. The lowest BCUT2D eigenvalue weighted by Gasteiger charge is -2.33. The Balaban J connectivity index is 1.59. The van der Waals surface area contributed by atoms with E-state index >= 15 is 0 Å². The largest absolute Gasteiger partial charge is 0.193 e. The van der Waals surface area contributed by atoms with Gasteiger partial charge in [0.1, 0.15) is 5.41 Å². The minimum Gasteiger partial charge on any atom is -0.177 e. The van der Waals surface area contributed by atoms with Crippen molar-refractivity contribution in [3.63, 3.8) is 0 Å². The molecule has 4 nitrogen and oxygen atoms in total. The SMILES string of the molecule is BrCc1ccc(-c2ccccc2-c2cccc(C(c3ccccc3)(c3ccccc3)c3nn[nH]n3)c2)cc1. The van der Waals surface area contributed by atoms with Crippen LogP contribution in [0, 0.1) is 0 Å². The number of alkyl halides is 1. The van der Waals surface area contributed by atoms with Crippen LogP contribution >= 0.6 is 15.9 Å². The van der Waals surface area contributed by atoms with Gasteiger partial charge in [0, 0.05) is 5.33 Å². The highest BCUT2D eigenvalue weighted by molar-refractivity contribution is 9.08. The lowest BCUT2D eigenvalue weighted by Crippen LogP contribution is -2.32. The molecule has 0 spiro atoms. The fourth-order valence-electron chi connectivity index (χ4n) is 5.26. The maximum atomic E-state index is 4.55. The molecule has 0 saturated carbocycles. The van der Waals surface area contributed by atoms with E-state index < -0.39 is 5.41 Å². The van der Waals surface area contributed by atoms with Gasteiger partial charge in [-0.2, -0.15) is 5.21 Å². The molecule has 0 amide bonds. The van der Waals surface area contributed by atoms with E-state index in [4.69, 9.17) is 0 Å². The molecule has 0 aliphatic carbocycles. The predicted octanol–water partition coefficient (Wildman–Crippen LogP) is 7.81. The molecule has 38 heavy (non-hydrogen) atoms. The molecule has 1 heterocycles. The maximum absolute atomic E-state index is 4.55. The van der Waals surface area contributed by atoms with Gasteiger partial charge in [-0.15, -0.1) is 10.2 Å². The molecule has 1 aromatic heterocycles. The summed E-state index contributed by atoms with van der Waals surface area (Å²) in [5.74, 6) is 0.602. The van der Waals surface area contributed by atoms with E-state index in [-0.39, 0.29) is 0 Å². The molecule has 6 aromatic rings. The van der Waals surface area contributed by atoms with Crippen LogP contribution in [0.2, 0.25) is 0 Å². The van der Waals surface area contributed by atoms with E-state index in [0.717, 1.165) is 27.6 Å². The van der Waals surface area contributed by atoms with Crippen molar-refractivity contribution in [3.8, 4) is 22.3 Å². The topological polar surface area (TPSA) is 54.5 Å². The van der Waals surface area contributed by atoms with Crippen LogP contribution < -0.4 is 0 Å². The van der Waals surface area contributed by atoms with E-state index in [9.17, 15) is 0 Å². The number of H-pyrrole nitrogens is 1. The van der Waals surface area contributed by atoms with Crippen LogP contribution in [-0.4, -0.2) is 20.6 Å². The van der Waals surface area contributed by atoms with Gasteiger partial charge in [-0.05, 0) is 50.6 Å². The van der Waals surface area contributed by atoms with E-state index in [1.165, 1.54) is 22.3 Å². The van der Waals surface area contributed by atoms with E-state index in [2.05, 4.69) is 158 Å². The summed E-state index contributed by atoms with van der Waals surface area (Å²) in [5, 5.41) is 16.6. The van der Waals surface area contributed by atoms with Crippen molar-refractivity contribution < 1.29 is 0 Å². The van der Waals surface area contributed by atoms with Gasteiger partial charge in [-0.1, -0.05) is 149 Å². The molecule has 0 aliphatic heterocycles. The zero-order valence-electron chi connectivity index (χ0n) is 20.6. The Morgan fingerprint density at radius 1 is 0.579 bits per heavy atom. The average Bonchev–Trinajstić information content (AvgIpc) is 3.54. The standard InChI is InChI=1S/C33H25BrN4/c34-23-24-18-20-25(21-19-24)30-16-7-8-17-31(30)26-10-9-15-29(22-26)33(32-35-37-38-36-32,27-11-3-1-4-12-27)28-13-5-2-6-14-28/h1-22H,23H2,(H,35,36,37,38). The molecular formula is C33H25BrN4. The first-order valence-electron chi connectivity index (χ1n) is 12.5. The van der Waals surface area contributed by atoms with Gasteiger partial charge < -0.3 is 0 Å². The molecule has 1 N–H and O–H groups in total. The van der Waals surface area contributed by atoms with Crippen molar-refractivity contribution in [2.24, 2.45) is 0 Å². The van der Waals surface area contributed by atoms with Crippen molar-refractivity contribution in [3.05, 3.63) is 162 Å². The number of aromatic amines is 1. The molecule has 5 aromatic carbocycles. The quantitative estimate of drug-likeness (QED) is 0.161. The lowest BCUT2D eigenvalue weighted by atomic mass is 9.68. The van der Waals surface area contributed by atoms with Crippen molar-refractivity contribution in [2.45, 2.75) is 10.7 Å². The Morgan fingerprint density at radius 3 is 1.74 bits per heavy atom. The van der Waals surface area contributed by atoms with Crippen LogP contribution in [0.3, 0.4) is 0 Å². The highest BCUT2D eigenvalue weighted by Crippen LogP contribution is 2.44. The van der Waals surface area contributed by atoms with Crippen LogP contribution in [0.25, 0.3) is 22.3 Å². The minimum absolute atomic E-state index is 0.602. The number of rotatable bonds is 7. The fraction of sp³-hybridized carbons (Fsp3) is 0.0606. The Kier molecular flexibility index (Phi) is 6.67. The average molecular weight is 557 g/mol. The molecule has 6 rings (SSSR count). The number of tetrazole rings is 1. The third-order valence-electron chi connectivity index (χ3n) is 7.05. The molecular weight excluding hydrogens is 532 g/mol. The van der Waals surface area contributed by atoms with Crippen LogP contribution in [0.4, 0.5) is 0 Å². The summed E-state index contributed by atoms with van der Waals surface area (Å²) in [4.78, 5) is 0. The van der Waals surface area contributed by atoms with Gasteiger partial charge in [-0.25, -0.2) is 0 Å². The molecule has 0 radical (unpaired) electrons. The zero-order chi connectivity index (χ0) is 25.8. The number of benzene rings is 5. The Hall–Kier alpha value is -4.35. The number of hydrogen-bond donors (Lipinski definition) is 1. The zero-order valence-corrected chi connectivity index (χ0v) is 22.2. The minimum atomic E-state index is -0.752. The van der Waals surface area contributed by atoms with Gasteiger partial charge in [0.05, 0.1) is 0 Å². The molecule has 0 fully saturated rings. The van der Waals surface area contributed by atoms with Crippen molar-refractivity contribution in [1.82, 2.24) is 20.6 Å². The summed E-state index contributed by atoms with van der Waals surface area (Å²) >= 11 is 3.55. The Morgan fingerprint density at radius 2 is 1.16 bits per heavy atom. The smallest absolute Gasteiger partial charge is 0.177 e. The second-order valence-electron chi connectivity index (χ2n) is 9.17. The molecule has 0 saturated heterocycles. The molecule has 184 valence electrons. The van der Waals surface area contributed by atoms with Gasteiger partial charge in [0.25, 0.3) is 0 Å². The number of halogens is 1. The first-order valence-corrected chi connectivity index (χ1v) is 13.6. The van der Waals surface area contributed by atoms with Gasteiger partial charge >= 0.3 is 0 Å². The monoisotopic (exact) mass is 556 g/mol. The summed E-state index contributed by atoms with van der Waals surface area (Å²) in [7, 11) is 0. The lowest BCUT2D eigenvalue weighted by molar-refractivity contribution is 0.682. The van der Waals surface area contributed by atoms with Crippen LogP contribution in [0.1, 0.15) is 28.1 Å². The normalized spacial score (nSPS) is 11.4. The first-order chi connectivity index (χ1) is 18.8. The summed E-state index contributed by atoms with van der Waals surface area (Å²) in [6, 6.07) is 46.8. The van der Waals surface area contributed by atoms with Gasteiger partial charge in [0.2, 0.25) is 0 Å². The first kappa shape index (κ1) is 24.0. The van der Waals surface area contributed by atoms with Crippen molar-refractivity contribution in [1.29, 1.82) is 0 Å². The number of hydrogen-bond acceptors (Lipinski definition) is 3. The highest BCUT2D eigenvalue weighted by Gasteiger charge is 2.42. The second-order valence-corrected chi connectivity index (χ2v) is 9.74. The molecule has 0 atom stereocenters. The van der Waals surface area contributed by atoms with E-state index in [1.54, 1.807) is 0 Å². The number of aromatic nitrogens is 4. The van der Waals surface area contributed by atoms with E-state index in [0.29, 0.717) is 5.82 Å².